The third-order valence-corrected chi connectivity index (χ3v) is 6.74. The highest BCUT2D eigenvalue weighted by atomic mass is 127. The minimum atomic E-state index is -0.445. The van der Waals surface area contributed by atoms with Crippen LogP contribution < -0.4 is 0 Å². The maximum Gasteiger partial charge on any atom is 0.188 e. The summed E-state index contributed by atoms with van der Waals surface area (Å²) in [5.74, 6) is 0.313. The first-order valence-corrected chi connectivity index (χ1v) is 11.8. The molecule has 2 atom stereocenters. The zero-order valence-corrected chi connectivity index (χ0v) is 19.0. The van der Waals surface area contributed by atoms with Crippen LogP contribution in [0.4, 0.5) is 0 Å². The van der Waals surface area contributed by atoms with E-state index in [2.05, 4.69) is 45.2 Å². The second-order valence-corrected chi connectivity index (χ2v) is 9.71. The summed E-state index contributed by atoms with van der Waals surface area (Å²) in [6.07, 6.45) is 13.4. The molecule has 2 bridgehead atoms. The molecule has 1 N–H and O–H groups in total. The van der Waals surface area contributed by atoms with Crippen molar-refractivity contribution in [3.8, 4) is 5.75 Å². The van der Waals surface area contributed by atoms with Crippen molar-refractivity contribution in [1.82, 2.24) is 0 Å². The molecule has 1 aliphatic carbocycles. The number of phenols is 1. The summed E-state index contributed by atoms with van der Waals surface area (Å²) in [5.41, 5.74) is 0.795. The van der Waals surface area contributed by atoms with Crippen LogP contribution in [0.1, 0.15) is 82.5 Å². The number of hydrogen-bond acceptors (Lipinski definition) is 3. The Balaban J connectivity index is 1.85. The number of hydrogen-bond donors (Lipinski definition) is 1. The first-order chi connectivity index (χ1) is 12.1. The molecule has 1 saturated carbocycles. The van der Waals surface area contributed by atoms with Gasteiger partial charge in [-0.05, 0) is 89.4 Å². The van der Waals surface area contributed by atoms with E-state index in [0.717, 1.165) is 38.4 Å². The molecule has 0 amide bonds. The fourth-order valence-electron chi connectivity index (χ4n) is 3.88. The van der Waals surface area contributed by atoms with E-state index in [1.807, 2.05) is 12.1 Å². The Morgan fingerprint density at radius 1 is 0.760 bits per heavy atom. The van der Waals surface area contributed by atoms with Crippen LogP contribution in [0.2, 0.25) is 0 Å². The average Bonchev–Trinajstić information content (AvgIpc) is 2.59. The quantitative estimate of drug-likeness (QED) is 0.383. The van der Waals surface area contributed by atoms with Crippen molar-refractivity contribution < 1.29 is 14.6 Å². The maximum atomic E-state index is 10.6. The molecule has 0 spiro atoms. The van der Waals surface area contributed by atoms with Crippen molar-refractivity contribution in [3.63, 3.8) is 0 Å². The van der Waals surface area contributed by atoms with E-state index in [9.17, 15) is 5.11 Å². The molecule has 5 heteroatoms. The number of benzene rings is 1. The lowest BCUT2D eigenvalue weighted by Crippen LogP contribution is -2.27. The number of halogens is 2. The molecule has 2 heterocycles. The lowest BCUT2D eigenvalue weighted by atomic mass is 10.0. The van der Waals surface area contributed by atoms with Crippen molar-refractivity contribution >= 4 is 45.2 Å². The van der Waals surface area contributed by atoms with Crippen LogP contribution in [-0.4, -0.2) is 17.3 Å². The van der Waals surface area contributed by atoms with Gasteiger partial charge in [0, 0.05) is 3.57 Å². The summed E-state index contributed by atoms with van der Waals surface area (Å²) in [6.45, 7) is 0. The fourth-order valence-corrected chi connectivity index (χ4v) is 5.77. The van der Waals surface area contributed by atoms with Crippen molar-refractivity contribution in [2.45, 2.75) is 89.1 Å². The van der Waals surface area contributed by atoms with E-state index in [0.29, 0.717) is 5.75 Å². The van der Waals surface area contributed by atoms with Crippen molar-refractivity contribution in [1.29, 1.82) is 0 Å². The van der Waals surface area contributed by atoms with Crippen LogP contribution in [-0.2, 0) is 9.47 Å². The van der Waals surface area contributed by atoms with Gasteiger partial charge in [-0.15, -0.1) is 0 Å². The number of ether oxygens (including phenoxy) is 2. The predicted octanol–water partition coefficient (Wildman–Crippen LogP) is 6.69. The number of aromatic hydroxyl groups is 1. The van der Waals surface area contributed by atoms with Gasteiger partial charge in [0.15, 0.2) is 6.29 Å². The van der Waals surface area contributed by atoms with Gasteiger partial charge in [-0.2, -0.15) is 0 Å². The van der Waals surface area contributed by atoms with Crippen LogP contribution in [0.25, 0.3) is 0 Å². The van der Waals surface area contributed by atoms with E-state index in [1.165, 1.54) is 44.9 Å². The molecule has 1 aromatic rings. The van der Waals surface area contributed by atoms with E-state index < -0.39 is 6.29 Å². The fraction of sp³-hybridized carbons (Fsp3) is 0.700. The van der Waals surface area contributed by atoms with E-state index >= 15 is 0 Å². The standard InChI is InChI=1S/C20H28I2O3/c21-14-12-17(19(23)18(22)13-14)20-24-15-8-5-3-1-2-4-6-9-16(25-20)11-7-10-15/h12-13,15-16,20,23H,1-11H2. The first kappa shape index (κ1) is 20.1. The van der Waals surface area contributed by atoms with Crippen LogP contribution >= 0.6 is 45.2 Å². The molecule has 2 unspecified atom stereocenters. The summed E-state index contributed by atoms with van der Waals surface area (Å²) >= 11 is 4.49. The largest absolute Gasteiger partial charge is 0.506 e. The average molecular weight is 570 g/mol. The third kappa shape index (κ3) is 5.94. The molecule has 140 valence electrons. The van der Waals surface area contributed by atoms with Crippen LogP contribution in [0.15, 0.2) is 12.1 Å². The Bertz CT molecular complexity index is 540. The minimum absolute atomic E-state index is 0.238. The van der Waals surface area contributed by atoms with Crippen molar-refractivity contribution in [2.24, 2.45) is 0 Å². The highest BCUT2D eigenvalue weighted by Gasteiger charge is 2.28. The van der Waals surface area contributed by atoms with Gasteiger partial charge in [0.2, 0.25) is 0 Å². The Morgan fingerprint density at radius 3 is 1.88 bits per heavy atom. The molecule has 1 aromatic carbocycles. The van der Waals surface area contributed by atoms with Crippen LogP contribution in [0.3, 0.4) is 0 Å². The smallest absolute Gasteiger partial charge is 0.188 e. The highest BCUT2D eigenvalue weighted by molar-refractivity contribution is 14.1. The zero-order chi connectivity index (χ0) is 17.6. The van der Waals surface area contributed by atoms with E-state index in [-0.39, 0.29) is 12.2 Å². The van der Waals surface area contributed by atoms with E-state index in [4.69, 9.17) is 9.47 Å². The summed E-state index contributed by atoms with van der Waals surface area (Å²) in [4.78, 5) is 0. The molecule has 25 heavy (non-hydrogen) atoms. The monoisotopic (exact) mass is 570 g/mol. The molecule has 3 aliphatic rings. The number of rotatable bonds is 1. The summed E-state index contributed by atoms with van der Waals surface area (Å²) < 4.78 is 14.8. The van der Waals surface area contributed by atoms with E-state index in [1.54, 1.807) is 0 Å². The highest BCUT2D eigenvalue weighted by Crippen LogP contribution is 2.38. The topological polar surface area (TPSA) is 38.7 Å². The van der Waals surface area contributed by atoms with Crippen molar-refractivity contribution in [3.05, 3.63) is 24.8 Å². The summed E-state index contributed by atoms with van der Waals surface area (Å²) in [7, 11) is 0. The predicted molar refractivity (Wildman–Crippen MR) is 117 cm³/mol. The molecule has 0 aromatic heterocycles. The molecule has 4 rings (SSSR count). The lowest BCUT2D eigenvalue weighted by Gasteiger charge is -2.32. The van der Waals surface area contributed by atoms with Gasteiger partial charge in [0.25, 0.3) is 0 Å². The van der Waals surface area contributed by atoms with Crippen LogP contribution in [0, 0.1) is 7.14 Å². The first-order valence-electron chi connectivity index (χ1n) is 9.62. The second kappa shape index (κ2) is 10.1. The van der Waals surface area contributed by atoms with Gasteiger partial charge in [0.1, 0.15) is 5.75 Å². The summed E-state index contributed by atoms with van der Waals surface area (Å²) in [6, 6.07) is 4.00. The van der Waals surface area contributed by atoms with Gasteiger partial charge in [-0.3, -0.25) is 0 Å². The maximum absolute atomic E-state index is 10.6. The number of phenolic OH excluding ortho intramolecular Hbond substituents is 1. The second-order valence-electron chi connectivity index (χ2n) is 7.30. The van der Waals surface area contributed by atoms with Gasteiger partial charge >= 0.3 is 0 Å². The normalized spacial score (nSPS) is 29.3. The molecular weight excluding hydrogens is 542 g/mol. The molecule has 3 nitrogen and oxygen atoms in total. The van der Waals surface area contributed by atoms with Crippen molar-refractivity contribution in [2.75, 3.05) is 0 Å². The Labute approximate surface area is 178 Å². The Kier molecular flexibility index (Phi) is 8.12. The third-order valence-electron chi connectivity index (χ3n) is 5.30. The Morgan fingerprint density at radius 2 is 1.28 bits per heavy atom. The molecule has 3 fully saturated rings. The zero-order valence-electron chi connectivity index (χ0n) is 14.7. The minimum Gasteiger partial charge on any atom is -0.506 e. The SMILES string of the molecule is Oc1c(I)cc(I)cc1C1OC2CCCCCCCCC(CCC2)O1. The van der Waals surface area contributed by atoms with Gasteiger partial charge < -0.3 is 14.6 Å². The molecular formula is C20H28I2O3. The summed E-state index contributed by atoms with van der Waals surface area (Å²) in [5, 5.41) is 10.6. The molecule has 2 aliphatic heterocycles. The number of fused-ring (bicyclic) bond motifs is 11. The molecule has 0 radical (unpaired) electrons. The molecule has 2 saturated heterocycles. The van der Waals surface area contributed by atoms with Gasteiger partial charge in [-0.25, -0.2) is 0 Å². The van der Waals surface area contributed by atoms with Gasteiger partial charge in [0.05, 0.1) is 21.3 Å². The lowest BCUT2D eigenvalue weighted by molar-refractivity contribution is -0.214. The Hall–Kier alpha value is 0.400. The van der Waals surface area contributed by atoms with Crippen LogP contribution in [0.5, 0.6) is 5.75 Å². The van der Waals surface area contributed by atoms with Gasteiger partial charge in [-0.1, -0.05) is 38.5 Å².